The molecule has 8 nitrogen and oxygen atoms in total. The molecule has 0 atom stereocenters. The van der Waals surface area contributed by atoms with E-state index in [9.17, 15) is 9.59 Å². The van der Waals surface area contributed by atoms with Crippen LogP contribution in [0.1, 0.15) is 23.6 Å². The molecule has 1 N–H and O–H groups in total. The molecule has 0 bridgehead atoms. The van der Waals surface area contributed by atoms with Crippen molar-refractivity contribution in [3.8, 4) is 0 Å². The number of amides is 1. The van der Waals surface area contributed by atoms with Crippen LogP contribution < -0.4 is 10.9 Å². The molecule has 0 saturated heterocycles. The predicted molar refractivity (Wildman–Crippen MR) is 119 cm³/mol. The Morgan fingerprint density at radius 3 is 2.68 bits per heavy atom. The molecule has 0 saturated carbocycles. The van der Waals surface area contributed by atoms with E-state index < -0.39 is 5.56 Å². The zero-order valence-corrected chi connectivity index (χ0v) is 17.9. The first-order valence-corrected chi connectivity index (χ1v) is 10.3. The lowest BCUT2D eigenvalue weighted by molar-refractivity contribution is -0.116. The Balaban J connectivity index is 1.56. The van der Waals surface area contributed by atoms with Gasteiger partial charge in [-0.1, -0.05) is 54.1 Å². The van der Waals surface area contributed by atoms with Gasteiger partial charge in [0.2, 0.25) is 5.91 Å². The predicted octanol–water partition coefficient (Wildman–Crippen LogP) is 3.20. The number of nitrogens with zero attached hydrogens (tertiary/aromatic N) is 5. The van der Waals surface area contributed by atoms with Crippen molar-refractivity contribution in [2.45, 2.75) is 33.4 Å². The molecule has 4 aromatic rings. The average molecular weight is 437 g/mol. The van der Waals surface area contributed by atoms with Gasteiger partial charge in [-0.2, -0.15) is 0 Å². The van der Waals surface area contributed by atoms with Gasteiger partial charge in [0.15, 0.2) is 11.2 Å². The zero-order valence-electron chi connectivity index (χ0n) is 17.2. The highest BCUT2D eigenvalue weighted by Gasteiger charge is 2.15. The quantitative estimate of drug-likeness (QED) is 0.500. The molecule has 0 spiro atoms. The van der Waals surface area contributed by atoms with Crippen LogP contribution in [-0.2, 0) is 24.3 Å². The summed E-state index contributed by atoms with van der Waals surface area (Å²) in [5, 5.41) is 11.6. The third-order valence-corrected chi connectivity index (χ3v) is 5.31. The van der Waals surface area contributed by atoms with Crippen LogP contribution in [0.2, 0.25) is 5.02 Å². The smallest absolute Gasteiger partial charge is 0.283 e. The first-order chi connectivity index (χ1) is 15.0. The number of benzene rings is 2. The summed E-state index contributed by atoms with van der Waals surface area (Å²) < 4.78 is 2.79. The van der Waals surface area contributed by atoms with Crippen molar-refractivity contribution in [1.29, 1.82) is 0 Å². The highest BCUT2D eigenvalue weighted by Crippen LogP contribution is 2.21. The number of para-hydroxylation sites is 1. The van der Waals surface area contributed by atoms with Crippen molar-refractivity contribution in [2.24, 2.45) is 0 Å². The fourth-order valence-corrected chi connectivity index (χ4v) is 3.53. The SMILES string of the molecule is CCc1cccc(C)c1NC(=O)Cn1cnc2c(nnn2Cc2ccc(Cl)cc2)c1=O. The maximum absolute atomic E-state index is 12.8. The molecule has 31 heavy (non-hydrogen) atoms. The molecule has 158 valence electrons. The van der Waals surface area contributed by atoms with E-state index in [-0.39, 0.29) is 18.0 Å². The van der Waals surface area contributed by atoms with Gasteiger partial charge < -0.3 is 5.32 Å². The fourth-order valence-electron chi connectivity index (χ4n) is 3.40. The number of aryl methyl sites for hydroxylation is 2. The molecule has 2 heterocycles. The number of halogens is 1. The minimum Gasteiger partial charge on any atom is -0.324 e. The summed E-state index contributed by atoms with van der Waals surface area (Å²) in [7, 11) is 0. The summed E-state index contributed by atoms with van der Waals surface area (Å²) in [6.07, 6.45) is 2.14. The van der Waals surface area contributed by atoms with Crippen LogP contribution in [-0.4, -0.2) is 30.5 Å². The molecule has 0 radical (unpaired) electrons. The van der Waals surface area contributed by atoms with Gasteiger partial charge in [-0.15, -0.1) is 5.10 Å². The second-order valence-electron chi connectivity index (χ2n) is 7.23. The summed E-state index contributed by atoms with van der Waals surface area (Å²) in [5.74, 6) is -0.305. The van der Waals surface area contributed by atoms with E-state index in [1.165, 1.54) is 10.9 Å². The van der Waals surface area contributed by atoms with Crippen molar-refractivity contribution < 1.29 is 4.79 Å². The Morgan fingerprint density at radius 2 is 1.94 bits per heavy atom. The summed E-state index contributed by atoms with van der Waals surface area (Å²) in [6, 6.07) is 13.2. The van der Waals surface area contributed by atoms with Crippen molar-refractivity contribution in [3.05, 3.63) is 80.9 Å². The first-order valence-electron chi connectivity index (χ1n) is 9.87. The third-order valence-electron chi connectivity index (χ3n) is 5.06. The van der Waals surface area contributed by atoms with Crippen molar-refractivity contribution in [2.75, 3.05) is 5.32 Å². The van der Waals surface area contributed by atoms with Gasteiger partial charge in [0, 0.05) is 10.7 Å². The number of aromatic nitrogens is 5. The lowest BCUT2D eigenvalue weighted by Gasteiger charge is -2.13. The Hall–Kier alpha value is -3.52. The molecule has 0 aliphatic rings. The van der Waals surface area contributed by atoms with E-state index in [1.54, 1.807) is 16.8 Å². The lowest BCUT2D eigenvalue weighted by Crippen LogP contribution is -2.28. The summed E-state index contributed by atoms with van der Waals surface area (Å²) >= 11 is 5.92. The summed E-state index contributed by atoms with van der Waals surface area (Å²) in [6.45, 7) is 4.20. The van der Waals surface area contributed by atoms with E-state index in [2.05, 4.69) is 20.6 Å². The summed E-state index contributed by atoms with van der Waals surface area (Å²) in [5.41, 5.74) is 3.82. The molecule has 1 amide bonds. The monoisotopic (exact) mass is 436 g/mol. The Labute approximate surface area is 183 Å². The van der Waals surface area contributed by atoms with Crippen molar-refractivity contribution >= 4 is 34.4 Å². The van der Waals surface area contributed by atoms with Crippen LogP contribution in [0.15, 0.2) is 53.6 Å². The number of anilines is 1. The topological polar surface area (TPSA) is 94.7 Å². The maximum atomic E-state index is 12.8. The van der Waals surface area contributed by atoms with Crippen LogP contribution in [0.5, 0.6) is 0 Å². The second-order valence-corrected chi connectivity index (χ2v) is 7.67. The number of nitrogens with one attached hydrogen (secondary N) is 1. The van der Waals surface area contributed by atoms with Gasteiger partial charge in [0.05, 0.1) is 6.54 Å². The van der Waals surface area contributed by atoms with Crippen LogP contribution in [0.25, 0.3) is 11.2 Å². The normalized spacial score (nSPS) is 11.1. The molecular formula is C22H21ClN6O2. The molecule has 4 rings (SSSR count). The molecule has 0 aliphatic heterocycles. The van der Waals surface area contributed by atoms with Gasteiger partial charge in [-0.3, -0.25) is 14.2 Å². The van der Waals surface area contributed by atoms with Crippen LogP contribution in [0.4, 0.5) is 5.69 Å². The first kappa shape index (κ1) is 20.7. The number of carbonyl (C=O) groups is 1. The van der Waals surface area contributed by atoms with E-state index in [4.69, 9.17) is 11.6 Å². The highest BCUT2D eigenvalue weighted by atomic mass is 35.5. The van der Waals surface area contributed by atoms with Gasteiger partial charge in [0.25, 0.3) is 5.56 Å². The number of hydrogen-bond donors (Lipinski definition) is 1. The highest BCUT2D eigenvalue weighted by molar-refractivity contribution is 6.30. The minimum absolute atomic E-state index is 0.120. The molecular weight excluding hydrogens is 416 g/mol. The minimum atomic E-state index is -0.414. The van der Waals surface area contributed by atoms with Gasteiger partial charge in [0.1, 0.15) is 12.9 Å². The number of fused-ring (bicyclic) bond motifs is 1. The number of rotatable bonds is 6. The zero-order chi connectivity index (χ0) is 22.0. The lowest BCUT2D eigenvalue weighted by atomic mass is 10.1. The van der Waals surface area contributed by atoms with Crippen LogP contribution in [0, 0.1) is 6.92 Å². The van der Waals surface area contributed by atoms with Gasteiger partial charge in [-0.05, 0) is 42.2 Å². The van der Waals surface area contributed by atoms with E-state index >= 15 is 0 Å². The largest absolute Gasteiger partial charge is 0.324 e. The number of carbonyl (C=O) groups excluding carboxylic acids is 1. The third kappa shape index (κ3) is 4.34. The second kappa shape index (κ2) is 8.69. The molecule has 0 aliphatic carbocycles. The molecule has 0 fully saturated rings. The molecule has 2 aromatic heterocycles. The summed E-state index contributed by atoms with van der Waals surface area (Å²) in [4.78, 5) is 29.8. The molecule has 9 heteroatoms. The maximum Gasteiger partial charge on any atom is 0.283 e. The van der Waals surface area contributed by atoms with Crippen molar-refractivity contribution in [3.63, 3.8) is 0 Å². The van der Waals surface area contributed by atoms with E-state index in [1.807, 2.05) is 44.2 Å². The Kier molecular flexibility index (Phi) is 5.81. The average Bonchev–Trinajstić information content (AvgIpc) is 3.16. The standard InChI is InChI=1S/C22H21ClN6O2/c1-3-16-6-4-5-14(2)19(16)25-18(30)12-28-13-24-21-20(22(28)31)26-27-29(21)11-15-7-9-17(23)10-8-15/h4-10,13H,3,11-12H2,1-2H3,(H,25,30). The number of hydrogen-bond acceptors (Lipinski definition) is 5. The van der Waals surface area contributed by atoms with Gasteiger partial charge in [-0.25, -0.2) is 9.67 Å². The van der Waals surface area contributed by atoms with Gasteiger partial charge >= 0.3 is 0 Å². The van der Waals surface area contributed by atoms with Crippen LogP contribution >= 0.6 is 11.6 Å². The fraction of sp³-hybridized carbons (Fsp3) is 0.227. The van der Waals surface area contributed by atoms with Crippen molar-refractivity contribution in [1.82, 2.24) is 24.5 Å². The molecule has 2 aromatic carbocycles. The van der Waals surface area contributed by atoms with E-state index in [0.717, 1.165) is 28.8 Å². The van der Waals surface area contributed by atoms with Crippen LogP contribution in [0.3, 0.4) is 0 Å². The Bertz CT molecular complexity index is 1310. The van der Waals surface area contributed by atoms with E-state index in [0.29, 0.717) is 17.2 Å². The molecule has 0 unspecified atom stereocenters. The Morgan fingerprint density at radius 1 is 1.16 bits per heavy atom.